The molecule has 166 valence electrons. The van der Waals surface area contributed by atoms with Crippen LogP contribution in [0.1, 0.15) is 75.1 Å². The van der Waals surface area contributed by atoms with Gasteiger partial charge in [-0.15, -0.1) is 0 Å². The fourth-order valence-electron chi connectivity index (χ4n) is 5.46. The minimum Gasteiger partial charge on any atom is -0.383 e. The summed E-state index contributed by atoms with van der Waals surface area (Å²) >= 11 is 0. The van der Waals surface area contributed by atoms with E-state index in [4.69, 9.17) is 5.73 Å². The Labute approximate surface area is 196 Å². The third-order valence-electron chi connectivity index (χ3n) is 6.71. The first kappa shape index (κ1) is 22.4. The van der Waals surface area contributed by atoms with Crippen molar-refractivity contribution in [2.75, 3.05) is 10.6 Å². The first-order valence-corrected chi connectivity index (χ1v) is 11.2. The number of rotatable bonds is 2. The third-order valence-corrected chi connectivity index (χ3v) is 6.71. The van der Waals surface area contributed by atoms with Crippen LogP contribution in [-0.2, 0) is 0 Å². The van der Waals surface area contributed by atoms with E-state index in [0.717, 1.165) is 27.8 Å². The highest BCUT2D eigenvalue weighted by atomic mass is 15.2. The van der Waals surface area contributed by atoms with E-state index in [1.54, 1.807) is 0 Å². The minimum absolute atomic E-state index is 0.0624. The Kier molecular flexibility index (Phi) is 5.18. The van der Waals surface area contributed by atoms with Gasteiger partial charge in [-0.3, -0.25) is 0 Å². The molecule has 1 aliphatic heterocycles. The predicted octanol–water partition coefficient (Wildman–Crippen LogP) is 6.11. The largest absolute Gasteiger partial charge is 0.383 e. The number of allylic oxidation sites excluding steroid dienone is 4. The Morgan fingerprint density at radius 3 is 2.42 bits per heavy atom. The van der Waals surface area contributed by atoms with Crippen molar-refractivity contribution in [1.82, 2.24) is 4.98 Å². The molecular formula is C28H29N5. The average Bonchev–Trinajstić information content (AvgIpc) is 2.98. The lowest BCUT2D eigenvalue weighted by molar-refractivity contribution is 0.507. The third kappa shape index (κ3) is 3.33. The number of hydrogen-bond acceptors (Lipinski definition) is 5. The van der Waals surface area contributed by atoms with Gasteiger partial charge in [0.15, 0.2) is 0 Å². The molecule has 5 nitrogen and oxygen atoms in total. The SMILES string of the molecule is CC1=CC(C)(C)N(C(C)C)c2ccc(/C=C3/C(C)=C(C#N)c4nc(N)c(C#N)c(C)c43)cc21. The summed E-state index contributed by atoms with van der Waals surface area (Å²) in [7, 11) is 0. The lowest BCUT2D eigenvalue weighted by atomic mass is 9.86. The maximum Gasteiger partial charge on any atom is 0.142 e. The second kappa shape index (κ2) is 7.64. The van der Waals surface area contributed by atoms with Gasteiger partial charge in [0.05, 0.1) is 22.4 Å². The summed E-state index contributed by atoms with van der Waals surface area (Å²) in [5.74, 6) is 0.168. The van der Waals surface area contributed by atoms with Gasteiger partial charge in [0, 0.05) is 22.9 Å². The van der Waals surface area contributed by atoms with Gasteiger partial charge in [-0.1, -0.05) is 12.1 Å². The van der Waals surface area contributed by atoms with Gasteiger partial charge >= 0.3 is 0 Å². The molecule has 0 saturated carbocycles. The molecule has 1 aliphatic carbocycles. The molecule has 2 aromatic rings. The van der Waals surface area contributed by atoms with Crippen LogP contribution in [0, 0.1) is 29.6 Å². The highest BCUT2D eigenvalue weighted by molar-refractivity contribution is 6.08. The predicted molar refractivity (Wildman–Crippen MR) is 136 cm³/mol. The molecule has 0 unspecified atom stereocenters. The van der Waals surface area contributed by atoms with E-state index in [9.17, 15) is 10.5 Å². The fraction of sp³-hybridized carbons (Fsp3) is 0.321. The second-order valence-corrected chi connectivity index (χ2v) is 9.72. The highest BCUT2D eigenvalue weighted by Crippen LogP contribution is 2.45. The number of benzene rings is 1. The van der Waals surface area contributed by atoms with Gasteiger partial charge in [0.1, 0.15) is 18.0 Å². The van der Waals surface area contributed by atoms with Crippen LogP contribution in [0.25, 0.3) is 22.8 Å². The van der Waals surface area contributed by atoms with Crippen LogP contribution in [0.2, 0.25) is 0 Å². The van der Waals surface area contributed by atoms with Crippen molar-refractivity contribution >= 4 is 34.3 Å². The Balaban J connectivity index is 1.93. The molecule has 0 saturated heterocycles. The Morgan fingerprint density at radius 2 is 1.82 bits per heavy atom. The fourth-order valence-corrected chi connectivity index (χ4v) is 5.46. The lowest BCUT2D eigenvalue weighted by Crippen LogP contribution is -2.49. The Hall–Kier alpha value is -3.83. The van der Waals surface area contributed by atoms with Gasteiger partial charge in [-0.2, -0.15) is 10.5 Å². The molecule has 2 aliphatic rings. The van der Waals surface area contributed by atoms with Crippen molar-refractivity contribution in [3.05, 3.63) is 63.4 Å². The van der Waals surface area contributed by atoms with Gasteiger partial charge in [-0.25, -0.2) is 4.98 Å². The zero-order valence-electron chi connectivity index (χ0n) is 20.3. The van der Waals surface area contributed by atoms with E-state index in [-0.39, 0.29) is 11.4 Å². The van der Waals surface area contributed by atoms with E-state index < -0.39 is 0 Å². The lowest BCUT2D eigenvalue weighted by Gasteiger charge is -2.46. The van der Waals surface area contributed by atoms with Crippen LogP contribution < -0.4 is 10.6 Å². The van der Waals surface area contributed by atoms with E-state index >= 15 is 0 Å². The van der Waals surface area contributed by atoms with Crippen LogP contribution in [0.15, 0.2) is 29.8 Å². The standard InChI is InChI=1S/C28H29N5/c1-15(2)33-24-9-8-19(10-20(24)16(3)12-28(33,6)7)11-21-17(4)22(13-29)26-25(21)18(5)23(14-30)27(31)32-26/h8-12,15H,1-7H3,(H2,31,32)/b21-11-. The highest BCUT2D eigenvalue weighted by Gasteiger charge is 2.33. The van der Waals surface area contributed by atoms with E-state index in [1.807, 2.05) is 13.8 Å². The van der Waals surface area contributed by atoms with Gasteiger partial charge in [-0.05, 0) is 94.5 Å². The van der Waals surface area contributed by atoms with Gasteiger partial charge in [0.25, 0.3) is 0 Å². The molecule has 2 N–H and O–H groups in total. The molecule has 0 spiro atoms. The zero-order chi connectivity index (χ0) is 24.2. The average molecular weight is 436 g/mol. The first-order valence-electron chi connectivity index (χ1n) is 11.2. The molecule has 33 heavy (non-hydrogen) atoms. The minimum atomic E-state index is -0.0624. The molecule has 0 bridgehead atoms. The molecule has 4 rings (SSSR count). The van der Waals surface area contributed by atoms with Crippen molar-refractivity contribution in [1.29, 1.82) is 10.5 Å². The number of hydrogen-bond donors (Lipinski definition) is 1. The summed E-state index contributed by atoms with van der Waals surface area (Å²) < 4.78 is 0. The van der Waals surface area contributed by atoms with Crippen LogP contribution in [-0.4, -0.2) is 16.6 Å². The van der Waals surface area contributed by atoms with Crippen LogP contribution >= 0.6 is 0 Å². The number of anilines is 2. The van der Waals surface area contributed by atoms with Crippen molar-refractivity contribution in [3.63, 3.8) is 0 Å². The number of fused-ring (bicyclic) bond motifs is 2. The normalized spacial score (nSPS) is 17.6. The maximum absolute atomic E-state index is 9.80. The number of nitriles is 2. The molecule has 1 aromatic carbocycles. The zero-order valence-corrected chi connectivity index (χ0v) is 20.3. The van der Waals surface area contributed by atoms with Gasteiger partial charge < -0.3 is 10.6 Å². The Bertz CT molecular complexity index is 1370. The second-order valence-electron chi connectivity index (χ2n) is 9.72. The Morgan fingerprint density at radius 1 is 1.12 bits per heavy atom. The quantitative estimate of drug-likeness (QED) is 0.615. The van der Waals surface area contributed by atoms with E-state index in [2.05, 4.69) is 87.0 Å². The number of pyridine rings is 1. The first-order chi connectivity index (χ1) is 15.5. The van der Waals surface area contributed by atoms with Crippen molar-refractivity contribution in [2.45, 2.75) is 60.0 Å². The summed E-state index contributed by atoms with van der Waals surface area (Å²) in [5, 5.41) is 19.4. The van der Waals surface area contributed by atoms with Crippen molar-refractivity contribution < 1.29 is 0 Å². The van der Waals surface area contributed by atoms with E-state index in [1.165, 1.54) is 16.8 Å². The van der Waals surface area contributed by atoms with Gasteiger partial charge in [0.2, 0.25) is 0 Å². The van der Waals surface area contributed by atoms with Crippen molar-refractivity contribution in [2.24, 2.45) is 0 Å². The number of aromatic nitrogens is 1. The molecule has 0 fully saturated rings. The molecule has 0 radical (unpaired) electrons. The molecule has 0 atom stereocenters. The molecule has 0 amide bonds. The number of nitrogens with zero attached hydrogens (tertiary/aromatic N) is 4. The van der Waals surface area contributed by atoms with Crippen LogP contribution in [0.5, 0.6) is 0 Å². The number of nitrogens with two attached hydrogens (primary N) is 1. The summed E-state index contributed by atoms with van der Waals surface area (Å²) in [4.78, 5) is 6.88. The van der Waals surface area contributed by atoms with Crippen LogP contribution in [0.4, 0.5) is 11.5 Å². The molecule has 1 aromatic heterocycles. The van der Waals surface area contributed by atoms with E-state index in [0.29, 0.717) is 22.9 Å². The topological polar surface area (TPSA) is 89.7 Å². The number of nitrogen functional groups attached to an aromatic ring is 1. The molecule has 2 heterocycles. The maximum atomic E-state index is 9.80. The molecular weight excluding hydrogens is 406 g/mol. The summed E-state index contributed by atoms with van der Waals surface area (Å²) in [6, 6.07) is 11.3. The summed E-state index contributed by atoms with van der Waals surface area (Å²) in [6.07, 6.45) is 4.42. The summed E-state index contributed by atoms with van der Waals surface area (Å²) in [5.41, 5.74) is 15.5. The smallest absolute Gasteiger partial charge is 0.142 e. The van der Waals surface area contributed by atoms with Crippen molar-refractivity contribution in [3.8, 4) is 12.1 Å². The monoisotopic (exact) mass is 435 g/mol. The molecule has 5 heteroatoms. The summed E-state index contributed by atoms with van der Waals surface area (Å²) in [6.45, 7) is 14.9. The van der Waals surface area contributed by atoms with Crippen LogP contribution in [0.3, 0.4) is 0 Å².